The number of ether oxygens (including phenoxy) is 2. The number of carbonyl (C=O) groups is 1. The van der Waals surface area contributed by atoms with Crippen molar-refractivity contribution in [3.8, 4) is 16.9 Å². The molecule has 0 radical (unpaired) electrons. The van der Waals surface area contributed by atoms with Crippen LogP contribution < -0.4 is 10.1 Å². The summed E-state index contributed by atoms with van der Waals surface area (Å²) in [7, 11) is 1.67. The minimum absolute atomic E-state index is 0.0472. The SMILES string of the molecule is COc1ccc(C2(CNC(=O)c3ccc(-c4ccccc4)cc3)CCOCC2)cc1. The van der Waals surface area contributed by atoms with Crippen LogP contribution in [0.4, 0.5) is 0 Å². The van der Waals surface area contributed by atoms with E-state index in [2.05, 4.69) is 29.6 Å². The maximum Gasteiger partial charge on any atom is 0.251 e. The number of amides is 1. The van der Waals surface area contributed by atoms with Crippen LogP contribution in [0.25, 0.3) is 11.1 Å². The van der Waals surface area contributed by atoms with E-state index in [4.69, 9.17) is 9.47 Å². The Balaban J connectivity index is 1.47. The van der Waals surface area contributed by atoms with Gasteiger partial charge in [-0.05, 0) is 53.8 Å². The van der Waals surface area contributed by atoms with Crippen LogP contribution in [-0.4, -0.2) is 32.8 Å². The second-order valence-corrected chi connectivity index (χ2v) is 7.75. The zero-order valence-corrected chi connectivity index (χ0v) is 17.3. The lowest BCUT2D eigenvalue weighted by atomic mass is 9.74. The molecule has 1 saturated heterocycles. The molecule has 3 aromatic carbocycles. The van der Waals surface area contributed by atoms with E-state index in [1.807, 2.05) is 54.6 Å². The molecule has 0 unspecified atom stereocenters. The van der Waals surface area contributed by atoms with Crippen molar-refractivity contribution in [1.82, 2.24) is 5.32 Å². The second-order valence-electron chi connectivity index (χ2n) is 7.75. The zero-order valence-electron chi connectivity index (χ0n) is 17.3. The summed E-state index contributed by atoms with van der Waals surface area (Å²) >= 11 is 0. The third kappa shape index (κ3) is 4.39. The highest BCUT2D eigenvalue weighted by Gasteiger charge is 2.35. The monoisotopic (exact) mass is 401 g/mol. The average molecular weight is 402 g/mol. The van der Waals surface area contributed by atoms with Crippen molar-refractivity contribution in [3.05, 3.63) is 90.0 Å². The van der Waals surface area contributed by atoms with E-state index in [-0.39, 0.29) is 11.3 Å². The van der Waals surface area contributed by atoms with Crippen LogP contribution in [0.15, 0.2) is 78.9 Å². The maximum atomic E-state index is 12.8. The molecule has 0 saturated carbocycles. The number of methoxy groups -OCH3 is 1. The number of benzene rings is 3. The lowest BCUT2D eigenvalue weighted by Gasteiger charge is -2.38. The van der Waals surface area contributed by atoms with Gasteiger partial charge < -0.3 is 14.8 Å². The molecule has 0 aromatic heterocycles. The second kappa shape index (κ2) is 9.14. The fourth-order valence-corrected chi connectivity index (χ4v) is 4.07. The van der Waals surface area contributed by atoms with Gasteiger partial charge in [0.05, 0.1) is 7.11 Å². The molecule has 1 N–H and O–H groups in total. The van der Waals surface area contributed by atoms with Crippen molar-refractivity contribution >= 4 is 5.91 Å². The standard InChI is InChI=1S/C26H27NO3/c1-29-24-13-11-23(12-14-24)26(15-17-30-18-16-26)19-27-25(28)22-9-7-21(8-10-22)20-5-3-2-4-6-20/h2-14H,15-19H2,1H3,(H,27,28). The normalized spacial score (nSPS) is 15.4. The lowest BCUT2D eigenvalue weighted by molar-refractivity contribution is 0.0487. The van der Waals surface area contributed by atoms with Crippen LogP contribution in [0.1, 0.15) is 28.8 Å². The van der Waals surface area contributed by atoms with Gasteiger partial charge in [0.2, 0.25) is 0 Å². The summed E-state index contributed by atoms with van der Waals surface area (Å²) in [6.45, 7) is 1.99. The lowest BCUT2D eigenvalue weighted by Crippen LogP contribution is -2.44. The van der Waals surface area contributed by atoms with E-state index in [0.29, 0.717) is 25.3 Å². The van der Waals surface area contributed by atoms with E-state index in [1.165, 1.54) is 5.56 Å². The molecule has 1 heterocycles. The van der Waals surface area contributed by atoms with Gasteiger partial charge in [0, 0.05) is 30.7 Å². The van der Waals surface area contributed by atoms with Crippen LogP contribution in [0.2, 0.25) is 0 Å². The molecule has 1 aliphatic rings. The van der Waals surface area contributed by atoms with Crippen molar-refractivity contribution in [2.75, 3.05) is 26.9 Å². The van der Waals surface area contributed by atoms with Gasteiger partial charge in [0.1, 0.15) is 5.75 Å². The van der Waals surface area contributed by atoms with E-state index in [0.717, 1.165) is 29.7 Å². The van der Waals surface area contributed by atoms with Gasteiger partial charge in [-0.15, -0.1) is 0 Å². The number of carbonyl (C=O) groups excluding carboxylic acids is 1. The third-order valence-electron chi connectivity index (χ3n) is 5.99. The number of hydrogen-bond acceptors (Lipinski definition) is 3. The Morgan fingerprint density at radius 2 is 1.53 bits per heavy atom. The molecule has 4 heteroatoms. The van der Waals surface area contributed by atoms with Gasteiger partial charge in [0.15, 0.2) is 0 Å². The molecule has 1 amide bonds. The first-order chi connectivity index (χ1) is 14.7. The molecule has 0 atom stereocenters. The minimum atomic E-state index is -0.121. The molecule has 154 valence electrons. The van der Waals surface area contributed by atoms with Gasteiger partial charge in [-0.25, -0.2) is 0 Å². The summed E-state index contributed by atoms with van der Waals surface area (Å²) in [5, 5.41) is 3.17. The number of rotatable bonds is 6. The predicted molar refractivity (Wildman–Crippen MR) is 119 cm³/mol. The van der Waals surface area contributed by atoms with E-state index < -0.39 is 0 Å². The topological polar surface area (TPSA) is 47.6 Å². The summed E-state index contributed by atoms with van der Waals surface area (Å²) in [4.78, 5) is 12.8. The highest BCUT2D eigenvalue weighted by atomic mass is 16.5. The van der Waals surface area contributed by atoms with Crippen LogP contribution in [0.5, 0.6) is 5.75 Å². The molecule has 4 rings (SSSR count). The van der Waals surface area contributed by atoms with Crippen molar-refractivity contribution in [2.24, 2.45) is 0 Å². The van der Waals surface area contributed by atoms with Crippen molar-refractivity contribution in [2.45, 2.75) is 18.3 Å². The van der Waals surface area contributed by atoms with Crippen molar-refractivity contribution < 1.29 is 14.3 Å². The molecule has 1 aliphatic heterocycles. The first-order valence-corrected chi connectivity index (χ1v) is 10.4. The van der Waals surface area contributed by atoms with Crippen LogP contribution in [0.3, 0.4) is 0 Å². The average Bonchev–Trinajstić information content (AvgIpc) is 2.84. The first-order valence-electron chi connectivity index (χ1n) is 10.4. The predicted octanol–water partition coefficient (Wildman–Crippen LogP) is 4.84. The van der Waals surface area contributed by atoms with Gasteiger partial charge >= 0.3 is 0 Å². The van der Waals surface area contributed by atoms with E-state index in [1.54, 1.807) is 7.11 Å². The zero-order chi connectivity index (χ0) is 20.8. The van der Waals surface area contributed by atoms with Gasteiger partial charge in [0.25, 0.3) is 5.91 Å². The van der Waals surface area contributed by atoms with Crippen LogP contribution in [-0.2, 0) is 10.2 Å². The molecular formula is C26H27NO3. The van der Waals surface area contributed by atoms with Crippen LogP contribution in [0, 0.1) is 0 Å². The summed E-state index contributed by atoms with van der Waals surface area (Å²) in [5.41, 5.74) is 4.01. The summed E-state index contributed by atoms with van der Waals surface area (Å²) in [6.07, 6.45) is 1.76. The molecule has 0 aliphatic carbocycles. The third-order valence-corrected chi connectivity index (χ3v) is 5.99. The molecular weight excluding hydrogens is 374 g/mol. The number of hydrogen-bond donors (Lipinski definition) is 1. The molecule has 4 nitrogen and oxygen atoms in total. The van der Waals surface area contributed by atoms with E-state index >= 15 is 0 Å². The fourth-order valence-electron chi connectivity index (χ4n) is 4.07. The molecule has 0 spiro atoms. The van der Waals surface area contributed by atoms with Gasteiger partial charge in [-0.1, -0.05) is 54.6 Å². The minimum Gasteiger partial charge on any atom is -0.497 e. The number of nitrogens with one attached hydrogen (secondary N) is 1. The molecule has 3 aromatic rings. The van der Waals surface area contributed by atoms with Crippen molar-refractivity contribution in [1.29, 1.82) is 0 Å². The Morgan fingerprint density at radius 1 is 0.900 bits per heavy atom. The largest absolute Gasteiger partial charge is 0.497 e. The smallest absolute Gasteiger partial charge is 0.251 e. The van der Waals surface area contributed by atoms with E-state index in [9.17, 15) is 4.79 Å². The highest BCUT2D eigenvalue weighted by molar-refractivity contribution is 5.94. The Hall–Kier alpha value is -3.11. The first kappa shape index (κ1) is 20.2. The molecule has 0 bridgehead atoms. The summed E-state index contributed by atoms with van der Waals surface area (Å²) in [5.74, 6) is 0.789. The highest BCUT2D eigenvalue weighted by Crippen LogP contribution is 2.35. The maximum absolute atomic E-state index is 12.8. The van der Waals surface area contributed by atoms with Crippen LogP contribution >= 0.6 is 0 Å². The van der Waals surface area contributed by atoms with Gasteiger partial charge in [-0.2, -0.15) is 0 Å². The Labute approximate surface area is 177 Å². The van der Waals surface area contributed by atoms with Crippen molar-refractivity contribution in [3.63, 3.8) is 0 Å². The Kier molecular flexibility index (Phi) is 6.15. The summed E-state index contributed by atoms with van der Waals surface area (Å²) < 4.78 is 10.9. The molecule has 30 heavy (non-hydrogen) atoms. The Bertz CT molecular complexity index is 959. The fraction of sp³-hybridized carbons (Fsp3) is 0.269. The summed E-state index contributed by atoms with van der Waals surface area (Å²) in [6, 6.07) is 26.1. The molecule has 1 fully saturated rings. The Morgan fingerprint density at radius 3 is 2.17 bits per heavy atom. The van der Waals surface area contributed by atoms with Gasteiger partial charge in [-0.3, -0.25) is 4.79 Å². The quantitative estimate of drug-likeness (QED) is 0.643.